The largest absolute Gasteiger partial charge is 0.481 e. The van der Waals surface area contributed by atoms with Crippen molar-refractivity contribution in [2.75, 3.05) is 26.8 Å². The molecule has 6 nitrogen and oxygen atoms in total. The maximum atomic E-state index is 11.8. The van der Waals surface area contributed by atoms with E-state index in [4.69, 9.17) is 9.84 Å². The van der Waals surface area contributed by atoms with Gasteiger partial charge in [0.1, 0.15) is 0 Å². The van der Waals surface area contributed by atoms with Gasteiger partial charge in [0.25, 0.3) is 0 Å². The van der Waals surface area contributed by atoms with E-state index in [9.17, 15) is 9.59 Å². The van der Waals surface area contributed by atoms with Gasteiger partial charge >= 0.3 is 12.0 Å². The molecule has 17 heavy (non-hydrogen) atoms. The molecule has 0 radical (unpaired) electrons. The number of carboxylic acid groups (broad SMARTS) is 1. The van der Waals surface area contributed by atoms with Gasteiger partial charge in [-0.1, -0.05) is 0 Å². The fraction of sp³-hybridized carbons (Fsp3) is 0.818. The molecule has 2 atom stereocenters. The zero-order valence-electron chi connectivity index (χ0n) is 10.3. The molecular formula is C11H20N2O4. The van der Waals surface area contributed by atoms with E-state index >= 15 is 0 Å². The van der Waals surface area contributed by atoms with Crippen LogP contribution in [0.3, 0.4) is 0 Å². The third-order valence-corrected chi connectivity index (χ3v) is 2.95. The van der Waals surface area contributed by atoms with Crippen molar-refractivity contribution in [1.29, 1.82) is 0 Å². The first-order valence-corrected chi connectivity index (χ1v) is 5.81. The van der Waals surface area contributed by atoms with Gasteiger partial charge in [-0.25, -0.2) is 4.79 Å². The molecule has 1 rings (SSSR count). The fourth-order valence-corrected chi connectivity index (χ4v) is 1.82. The Morgan fingerprint density at radius 3 is 2.82 bits per heavy atom. The Bertz CT molecular complexity index is 283. The Balaban J connectivity index is 2.31. The highest BCUT2D eigenvalue weighted by molar-refractivity contribution is 5.77. The van der Waals surface area contributed by atoms with Gasteiger partial charge in [-0.3, -0.25) is 4.79 Å². The minimum Gasteiger partial charge on any atom is -0.481 e. The number of nitrogens with zero attached hydrogens (tertiary/aromatic N) is 1. The Hall–Kier alpha value is -1.30. The number of urea groups is 1. The third-order valence-electron chi connectivity index (χ3n) is 2.95. The zero-order chi connectivity index (χ0) is 12.8. The van der Waals surface area contributed by atoms with E-state index in [0.717, 1.165) is 6.42 Å². The van der Waals surface area contributed by atoms with Gasteiger partial charge in [-0.15, -0.1) is 0 Å². The van der Waals surface area contributed by atoms with Gasteiger partial charge in [-0.05, 0) is 19.8 Å². The van der Waals surface area contributed by atoms with Crippen LogP contribution < -0.4 is 5.32 Å². The summed E-state index contributed by atoms with van der Waals surface area (Å²) in [5.74, 6) is -1.25. The topological polar surface area (TPSA) is 78.9 Å². The van der Waals surface area contributed by atoms with Crippen LogP contribution in [0.4, 0.5) is 4.79 Å². The van der Waals surface area contributed by atoms with Gasteiger partial charge < -0.3 is 20.1 Å². The number of amides is 2. The standard InChI is InChI=1S/C11H20N2O4/c1-8(4-6-17-2)12-11(16)13-5-3-9(7-13)10(14)15/h8-9H,3-7H2,1-2H3,(H,12,16)(H,14,15). The van der Waals surface area contributed by atoms with Crippen LogP contribution in [-0.4, -0.2) is 54.9 Å². The lowest BCUT2D eigenvalue weighted by molar-refractivity contribution is -0.141. The molecule has 0 saturated carbocycles. The van der Waals surface area contributed by atoms with Crippen LogP contribution in [0, 0.1) is 5.92 Å². The highest BCUT2D eigenvalue weighted by Gasteiger charge is 2.31. The third kappa shape index (κ3) is 4.22. The lowest BCUT2D eigenvalue weighted by Crippen LogP contribution is -2.43. The van der Waals surface area contributed by atoms with Crippen molar-refractivity contribution in [3.63, 3.8) is 0 Å². The normalized spacial score (nSPS) is 21.3. The summed E-state index contributed by atoms with van der Waals surface area (Å²) >= 11 is 0. The van der Waals surface area contributed by atoms with Crippen molar-refractivity contribution in [2.45, 2.75) is 25.8 Å². The summed E-state index contributed by atoms with van der Waals surface area (Å²) in [7, 11) is 1.62. The number of likely N-dealkylation sites (tertiary alicyclic amines) is 1. The van der Waals surface area contributed by atoms with Crippen molar-refractivity contribution in [2.24, 2.45) is 5.92 Å². The quantitative estimate of drug-likeness (QED) is 0.739. The van der Waals surface area contributed by atoms with E-state index in [1.54, 1.807) is 12.0 Å². The molecule has 98 valence electrons. The van der Waals surface area contributed by atoms with Crippen molar-refractivity contribution < 1.29 is 19.4 Å². The van der Waals surface area contributed by atoms with Crippen LogP contribution in [0.1, 0.15) is 19.8 Å². The first-order valence-electron chi connectivity index (χ1n) is 5.81. The number of aliphatic carboxylic acids is 1. The molecule has 6 heteroatoms. The number of carboxylic acids is 1. The lowest BCUT2D eigenvalue weighted by Gasteiger charge is -2.20. The first-order chi connectivity index (χ1) is 8.04. The van der Waals surface area contributed by atoms with E-state index < -0.39 is 11.9 Å². The summed E-state index contributed by atoms with van der Waals surface area (Å²) in [5.41, 5.74) is 0. The highest BCUT2D eigenvalue weighted by Crippen LogP contribution is 2.16. The molecular weight excluding hydrogens is 224 g/mol. The van der Waals surface area contributed by atoms with Gasteiger partial charge in [0.15, 0.2) is 0 Å². The predicted molar refractivity (Wildman–Crippen MR) is 61.8 cm³/mol. The summed E-state index contributed by atoms with van der Waals surface area (Å²) in [6.07, 6.45) is 1.29. The summed E-state index contributed by atoms with van der Waals surface area (Å²) in [5, 5.41) is 11.7. The molecule has 1 saturated heterocycles. The van der Waals surface area contributed by atoms with E-state index in [-0.39, 0.29) is 12.1 Å². The second-order valence-corrected chi connectivity index (χ2v) is 4.40. The molecule has 2 amide bonds. The van der Waals surface area contributed by atoms with Crippen LogP contribution in [0.2, 0.25) is 0 Å². The Labute approximate surface area is 101 Å². The number of carbonyl (C=O) groups is 2. The molecule has 1 heterocycles. The highest BCUT2D eigenvalue weighted by atomic mass is 16.5. The van der Waals surface area contributed by atoms with Crippen LogP contribution >= 0.6 is 0 Å². The lowest BCUT2D eigenvalue weighted by atomic mass is 10.1. The average molecular weight is 244 g/mol. The molecule has 0 aromatic heterocycles. The van der Waals surface area contributed by atoms with E-state index in [0.29, 0.717) is 26.1 Å². The molecule has 2 N–H and O–H groups in total. The van der Waals surface area contributed by atoms with Gasteiger partial charge in [0.2, 0.25) is 0 Å². The maximum absolute atomic E-state index is 11.8. The minimum absolute atomic E-state index is 0.0336. The monoisotopic (exact) mass is 244 g/mol. The summed E-state index contributed by atoms with van der Waals surface area (Å²) < 4.78 is 4.93. The summed E-state index contributed by atoms with van der Waals surface area (Å²) in [4.78, 5) is 24.1. The van der Waals surface area contributed by atoms with Crippen molar-refractivity contribution in [3.8, 4) is 0 Å². The molecule has 2 unspecified atom stereocenters. The number of ether oxygens (including phenoxy) is 1. The maximum Gasteiger partial charge on any atom is 0.317 e. The molecule has 1 aliphatic heterocycles. The smallest absolute Gasteiger partial charge is 0.317 e. The summed E-state index contributed by atoms with van der Waals surface area (Å²) in [6.45, 7) is 3.32. The summed E-state index contributed by atoms with van der Waals surface area (Å²) in [6, 6.07) is -0.149. The number of methoxy groups -OCH3 is 1. The van der Waals surface area contributed by atoms with Gasteiger partial charge in [0, 0.05) is 32.8 Å². The second kappa shape index (κ2) is 6.44. The number of rotatable bonds is 5. The SMILES string of the molecule is COCCC(C)NC(=O)N1CCC(C(=O)O)C1. The fourth-order valence-electron chi connectivity index (χ4n) is 1.82. The van der Waals surface area contributed by atoms with Crippen molar-refractivity contribution in [1.82, 2.24) is 10.2 Å². The number of hydrogen-bond acceptors (Lipinski definition) is 3. The van der Waals surface area contributed by atoms with E-state index in [1.807, 2.05) is 6.92 Å². The molecule has 0 aromatic carbocycles. The number of nitrogens with one attached hydrogen (secondary N) is 1. The Kier molecular flexibility index (Phi) is 5.21. The average Bonchev–Trinajstić information content (AvgIpc) is 2.75. The predicted octanol–water partition coefficient (Wildman–Crippen LogP) is 0.527. The van der Waals surface area contributed by atoms with Gasteiger partial charge in [-0.2, -0.15) is 0 Å². The number of hydrogen-bond donors (Lipinski definition) is 2. The van der Waals surface area contributed by atoms with Crippen LogP contribution in [0.5, 0.6) is 0 Å². The van der Waals surface area contributed by atoms with Crippen molar-refractivity contribution >= 4 is 12.0 Å². The minimum atomic E-state index is -0.826. The van der Waals surface area contributed by atoms with E-state index in [1.165, 1.54) is 0 Å². The molecule has 1 fully saturated rings. The van der Waals surface area contributed by atoms with Crippen LogP contribution in [0.15, 0.2) is 0 Å². The first kappa shape index (κ1) is 13.8. The molecule has 0 aromatic rings. The van der Waals surface area contributed by atoms with Crippen LogP contribution in [0.25, 0.3) is 0 Å². The molecule has 0 spiro atoms. The Morgan fingerprint density at radius 1 is 1.59 bits per heavy atom. The number of carbonyl (C=O) groups excluding carboxylic acids is 1. The molecule has 0 aliphatic carbocycles. The molecule has 1 aliphatic rings. The van der Waals surface area contributed by atoms with Crippen LogP contribution in [-0.2, 0) is 9.53 Å². The molecule has 0 bridgehead atoms. The second-order valence-electron chi connectivity index (χ2n) is 4.40. The zero-order valence-corrected chi connectivity index (χ0v) is 10.3. The Morgan fingerprint density at radius 2 is 2.29 bits per heavy atom. The van der Waals surface area contributed by atoms with E-state index in [2.05, 4.69) is 5.32 Å². The van der Waals surface area contributed by atoms with Crippen molar-refractivity contribution in [3.05, 3.63) is 0 Å². The van der Waals surface area contributed by atoms with Gasteiger partial charge in [0.05, 0.1) is 5.92 Å².